The van der Waals surface area contributed by atoms with Crippen molar-refractivity contribution in [3.8, 4) is 6.07 Å². The molecule has 1 aromatic carbocycles. The summed E-state index contributed by atoms with van der Waals surface area (Å²) in [5.74, 6) is 0.842. The van der Waals surface area contributed by atoms with Crippen molar-refractivity contribution in [1.82, 2.24) is 4.98 Å². The van der Waals surface area contributed by atoms with Crippen LogP contribution in [0.2, 0.25) is 0 Å². The molecule has 1 aromatic heterocycles. The first-order chi connectivity index (χ1) is 9.11. The van der Waals surface area contributed by atoms with E-state index in [9.17, 15) is 0 Å². The second kappa shape index (κ2) is 5.51. The fourth-order valence-corrected chi connectivity index (χ4v) is 1.76. The zero-order chi connectivity index (χ0) is 13.8. The Bertz CT molecular complexity index is 579. The summed E-state index contributed by atoms with van der Waals surface area (Å²) in [5.41, 5.74) is 8.45. The molecule has 0 aliphatic heterocycles. The highest BCUT2D eigenvalue weighted by atomic mass is 15.2. The Balaban J connectivity index is 2.23. The second-order valence-corrected chi connectivity index (χ2v) is 4.46. The molecule has 0 aliphatic rings. The number of hydrogen-bond donors (Lipinski definition) is 1. The molecule has 0 unspecified atom stereocenters. The summed E-state index contributed by atoms with van der Waals surface area (Å²) in [6, 6.07) is 13.4. The van der Waals surface area contributed by atoms with Crippen molar-refractivity contribution < 1.29 is 0 Å². The maximum Gasteiger partial charge on any atom is 0.132 e. The molecular formula is C15H16N4. The van der Waals surface area contributed by atoms with Crippen molar-refractivity contribution in [3.05, 3.63) is 53.7 Å². The molecule has 0 amide bonds. The molecule has 0 saturated heterocycles. The maximum absolute atomic E-state index is 8.78. The van der Waals surface area contributed by atoms with E-state index in [1.54, 1.807) is 18.3 Å². The van der Waals surface area contributed by atoms with Gasteiger partial charge in [-0.2, -0.15) is 5.26 Å². The number of nitrogens with two attached hydrogens (primary N) is 1. The van der Waals surface area contributed by atoms with Crippen molar-refractivity contribution >= 4 is 11.5 Å². The maximum atomic E-state index is 8.78. The van der Waals surface area contributed by atoms with Gasteiger partial charge in [0.1, 0.15) is 5.82 Å². The number of pyridine rings is 1. The third-order valence-corrected chi connectivity index (χ3v) is 3.02. The zero-order valence-electron chi connectivity index (χ0n) is 11.0. The molecule has 0 fully saturated rings. The molecule has 19 heavy (non-hydrogen) atoms. The van der Waals surface area contributed by atoms with Gasteiger partial charge in [0, 0.05) is 25.0 Å². The minimum absolute atomic E-state index is 0.0123. The number of aromatic nitrogens is 1. The SMILES string of the molecule is C[C@H](N)c1ccc(N(C)c2ccc(C#N)cc2)nc1. The Hall–Kier alpha value is -2.38. The smallest absolute Gasteiger partial charge is 0.132 e. The van der Waals surface area contributed by atoms with Gasteiger partial charge in [-0.05, 0) is 42.8 Å². The lowest BCUT2D eigenvalue weighted by Gasteiger charge is -2.18. The summed E-state index contributed by atoms with van der Waals surface area (Å²) in [5, 5.41) is 8.78. The molecule has 2 N–H and O–H groups in total. The predicted molar refractivity (Wildman–Crippen MR) is 76.1 cm³/mol. The van der Waals surface area contributed by atoms with Crippen LogP contribution >= 0.6 is 0 Å². The second-order valence-electron chi connectivity index (χ2n) is 4.46. The lowest BCUT2D eigenvalue weighted by atomic mass is 10.1. The van der Waals surface area contributed by atoms with Crippen LogP contribution in [0, 0.1) is 11.3 Å². The molecule has 0 saturated carbocycles. The predicted octanol–water partition coefficient (Wildman–Crippen LogP) is 2.74. The molecule has 4 nitrogen and oxygen atoms in total. The van der Waals surface area contributed by atoms with Gasteiger partial charge in [0.2, 0.25) is 0 Å². The average Bonchev–Trinajstić information content (AvgIpc) is 2.46. The molecule has 0 bridgehead atoms. The molecule has 2 aromatic rings. The molecule has 0 spiro atoms. The Labute approximate surface area is 113 Å². The molecule has 0 radical (unpaired) electrons. The first kappa shape index (κ1) is 13.1. The van der Waals surface area contributed by atoms with Crippen LogP contribution in [0.5, 0.6) is 0 Å². The van der Waals surface area contributed by atoms with Crippen LogP contribution in [0.4, 0.5) is 11.5 Å². The third kappa shape index (κ3) is 2.90. The van der Waals surface area contributed by atoms with Crippen molar-refractivity contribution in [1.29, 1.82) is 5.26 Å². The number of nitrogens with zero attached hydrogens (tertiary/aromatic N) is 3. The van der Waals surface area contributed by atoms with Crippen molar-refractivity contribution in [2.75, 3.05) is 11.9 Å². The normalized spacial score (nSPS) is 11.7. The summed E-state index contributed by atoms with van der Waals surface area (Å²) < 4.78 is 0. The topological polar surface area (TPSA) is 65.9 Å². The van der Waals surface area contributed by atoms with Crippen molar-refractivity contribution in [2.24, 2.45) is 5.73 Å². The van der Waals surface area contributed by atoms with E-state index in [0.717, 1.165) is 17.1 Å². The van der Waals surface area contributed by atoms with Gasteiger partial charge in [0.15, 0.2) is 0 Å². The van der Waals surface area contributed by atoms with Crippen LogP contribution < -0.4 is 10.6 Å². The highest BCUT2D eigenvalue weighted by Crippen LogP contribution is 2.22. The molecule has 0 aliphatic carbocycles. The van der Waals surface area contributed by atoms with Crippen LogP contribution in [0.3, 0.4) is 0 Å². The largest absolute Gasteiger partial charge is 0.329 e. The number of hydrogen-bond acceptors (Lipinski definition) is 4. The van der Waals surface area contributed by atoms with Crippen LogP contribution in [0.1, 0.15) is 24.1 Å². The summed E-state index contributed by atoms with van der Waals surface area (Å²) in [4.78, 5) is 6.36. The summed E-state index contributed by atoms with van der Waals surface area (Å²) >= 11 is 0. The van der Waals surface area contributed by atoms with Gasteiger partial charge < -0.3 is 10.6 Å². The highest BCUT2D eigenvalue weighted by Gasteiger charge is 2.06. The van der Waals surface area contributed by atoms with E-state index in [2.05, 4.69) is 11.1 Å². The third-order valence-electron chi connectivity index (χ3n) is 3.02. The fourth-order valence-electron chi connectivity index (χ4n) is 1.76. The van der Waals surface area contributed by atoms with E-state index in [1.807, 2.05) is 43.1 Å². The van der Waals surface area contributed by atoms with E-state index >= 15 is 0 Å². The summed E-state index contributed by atoms with van der Waals surface area (Å²) in [6.07, 6.45) is 1.79. The number of anilines is 2. The lowest BCUT2D eigenvalue weighted by Crippen LogP contribution is -2.12. The Morgan fingerprint density at radius 1 is 1.21 bits per heavy atom. The van der Waals surface area contributed by atoms with E-state index in [1.165, 1.54) is 0 Å². The molecule has 96 valence electrons. The molecule has 2 rings (SSSR count). The van der Waals surface area contributed by atoms with Gasteiger partial charge in [0.25, 0.3) is 0 Å². The molecule has 1 heterocycles. The van der Waals surface area contributed by atoms with Gasteiger partial charge in [-0.25, -0.2) is 4.98 Å². The Morgan fingerprint density at radius 3 is 2.37 bits per heavy atom. The fraction of sp³-hybridized carbons (Fsp3) is 0.200. The van der Waals surface area contributed by atoms with E-state index in [4.69, 9.17) is 11.0 Å². The average molecular weight is 252 g/mol. The quantitative estimate of drug-likeness (QED) is 0.912. The monoisotopic (exact) mass is 252 g/mol. The van der Waals surface area contributed by atoms with Crippen LogP contribution in [-0.4, -0.2) is 12.0 Å². The minimum Gasteiger partial charge on any atom is -0.329 e. The number of nitriles is 1. The van der Waals surface area contributed by atoms with Gasteiger partial charge in [-0.1, -0.05) is 6.07 Å². The minimum atomic E-state index is -0.0123. The van der Waals surface area contributed by atoms with Crippen LogP contribution in [-0.2, 0) is 0 Å². The molecule has 1 atom stereocenters. The zero-order valence-corrected chi connectivity index (χ0v) is 11.0. The van der Waals surface area contributed by atoms with Gasteiger partial charge in [0.05, 0.1) is 11.6 Å². The molecular weight excluding hydrogens is 236 g/mol. The Kier molecular flexibility index (Phi) is 3.79. The number of benzene rings is 1. The highest BCUT2D eigenvalue weighted by molar-refractivity contribution is 5.60. The first-order valence-corrected chi connectivity index (χ1v) is 6.07. The van der Waals surface area contributed by atoms with Gasteiger partial charge in [-0.3, -0.25) is 0 Å². The van der Waals surface area contributed by atoms with Crippen LogP contribution in [0.15, 0.2) is 42.6 Å². The summed E-state index contributed by atoms with van der Waals surface area (Å²) in [6.45, 7) is 1.93. The van der Waals surface area contributed by atoms with E-state index in [-0.39, 0.29) is 6.04 Å². The molecule has 4 heteroatoms. The van der Waals surface area contributed by atoms with E-state index in [0.29, 0.717) is 5.56 Å². The van der Waals surface area contributed by atoms with Gasteiger partial charge in [-0.15, -0.1) is 0 Å². The van der Waals surface area contributed by atoms with Crippen molar-refractivity contribution in [2.45, 2.75) is 13.0 Å². The summed E-state index contributed by atoms with van der Waals surface area (Å²) in [7, 11) is 1.94. The van der Waals surface area contributed by atoms with Gasteiger partial charge >= 0.3 is 0 Å². The van der Waals surface area contributed by atoms with E-state index < -0.39 is 0 Å². The van der Waals surface area contributed by atoms with Crippen LogP contribution in [0.25, 0.3) is 0 Å². The lowest BCUT2D eigenvalue weighted by molar-refractivity contribution is 0.811. The first-order valence-electron chi connectivity index (χ1n) is 6.07. The Morgan fingerprint density at radius 2 is 1.89 bits per heavy atom. The number of rotatable bonds is 3. The van der Waals surface area contributed by atoms with Crippen molar-refractivity contribution in [3.63, 3.8) is 0 Å². The standard InChI is InChI=1S/C15H16N4/c1-11(17)13-5-8-15(18-10-13)19(2)14-6-3-12(9-16)4-7-14/h3-8,10-11H,17H2,1-2H3/t11-/m0/s1.